The van der Waals surface area contributed by atoms with Gasteiger partial charge in [0.2, 0.25) is 11.8 Å². The van der Waals surface area contributed by atoms with Gasteiger partial charge in [0.25, 0.3) is 10.0 Å². The highest BCUT2D eigenvalue weighted by Gasteiger charge is 2.34. The zero-order valence-corrected chi connectivity index (χ0v) is 25.3. The topological polar surface area (TPSA) is 105 Å². The number of rotatable bonds is 9. The van der Waals surface area contributed by atoms with Crippen LogP contribution in [0.15, 0.2) is 71.6 Å². The zero-order chi connectivity index (χ0) is 30.7. The Morgan fingerprint density at radius 3 is 2.21 bits per heavy atom. The molecule has 1 aliphatic rings. The number of carbonyl (C=O) groups excluding carboxylic acids is 2. The number of anilines is 1. The van der Waals surface area contributed by atoms with Crippen LogP contribution in [-0.4, -0.2) is 56.5 Å². The molecule has 9 nitrogen and oxygen atoms in total. The molecule has 0 bridgehead atoms. The molecule has 1 aliphatic heterocycles. The summed E-state index contributed by atoms with van der Waals surface area (Å²) in [6.07, 6.45) is 0. The molecular weight excluding hydrogens is 585 g/mol. The number of nitrogens with one attached hydrogen (secondary N) is 1. The molecule has 0 radical (unpaired) electrons. The first kappa shape index (κ1) is 31.1. The van der Waals surface area contributed by atoms with Crippen LogP contribution in [0.4, 0.5) is 10.1 Å². The van der Waals surface area contributed by atoms with Gasteiger partial charge in [-0.15, -0.1) is 0 Å². The van der Waals surface area contributed by atoms with Crippen molar-refractivity contribution in [2.24, 2.45) is 0 Å². The average molecular weight is 618 g/mol. The van der Waals surface area contributed by atoms with Crippen molar-refractivity contribution < 1.29 is 31.9 Å². The van der Waals surface area contributed by atoms with E-state index in [0.29, 0.717) is 22.9 Å². The fraction of sp³-hybridized carbons (Fsp3) is 0.333. The molecule has 12 heteroatoms. The molecule has 1 atom stereocenters. The number of hydrogen-bond acceptors (Lipinski definition) is 6. The van der Waals surface area contributed by atoms with Crippen LogP contribution in [0.5, 0.6) is 11.5 Å². The van der Waals surface area contributed by atoms with Crippen LogP contribution in [0.25, 0.3) is 0 Å². The number of ether oxygens (including phenoxy) is 2. The van der Waals surface area contributed by atoms with Gasteiger partial charge in [-0.05, 0) is 81.8 Å². The largest absolute Gasteiger partial charge is 0.486 e. The predicted molar refractivity (Wildman–Crippen MR) is 158 cm³/mol. The minimum Gasteiger partial charge on any atom is -0.486 e. The standard InChI is InChI=1S/C30H33ClFN3O6S/c1-20(29(37)33-30(2,3)4)34(18-21-5-7-22(31)8-6-21)28(36)19-35(24-11-9-23(32)10-12-24)42(38,39)25-13-14-26-27(17-25)41-16-15-40-26/h5-14,17,20H,15-16,18-19H2,1-4H3,(H,33,37). The van der Waals surface area contributed by atoms with Gasteiger partial charge < -0.3 is 19.7 Å². The maximum absolute atomic E-state index is 14.0. The summed E-state index contributed by atoms with van der Waals surface area (Å²) in [7, 11) is -4.37. The number of carbonyl (C=O) groups is 2. The van der Waals surface area contributed by atoms with E-state index in [1.165, 1.54) is 35.2 Å². The third-order valence-electron chi connectivity index (χ3n) is 6.43. The molecule has 0 spiro atoms. The van der Waals surface area contributed by atoms with Gasteiger partial charge in [-0.1, -0.05) is 23.7 Å². The molecule has 0 saturated heterocycles. The zero-order valence-electron chi connectivity index (χ0n) is 23.8. The number of halogens is 2. The Bertz CT molecular complexity index is 1540. The van der Waals surface area contributed by atoms with E-state index in [4.69, 9.17) is 21.1 Å². The molecule has 1 N–H and O–H groups in total. The van der Waals surface area contributed by atoms with Crippen LogP contribution >= 0.6 is 11.6 Å². The predicted octanol–water partition coefficient (Wildman–Crippen LogP) is 4.78. The average Bonchev–Trinajstić information content (AvgIpc) is 2.94. The molecule has 0 fully saturated rings. The summed E-state index contributed by atoms with van der Waals surface area (Å²) < 4.78 is 53.8. The van der Waals surface area contributed by atoms with Crippen molar-refractivity contribution in [1.82, 2.24) is 10.2 Å². The summed E-state index contributed by atoms with van der Waals surface area (Å²) in [6.45, 7) is 6.97. The van der Waals surface area contributed by atoms with E-state index in [9.17, 15) is 22.4 Å². The molecule has 1 heterocycles. The Hall–Kier alpha value is -3.83. The molecule has 4 rings (SSSR count). The second-order valence-corrected chi connectivity index (χ2v) is 13.2. The van der Waals surface area contributed by atoms with Crippen molar-refractivity contribution in [3.05, 3.63) is 83.1 Å². The first-order valence-electron chi connectivity index (χ1n) is 13.3. The van der Waals surface area contributed by atoms with Crippen LogP contribution in [0.1, 0.15) is 33.3 Å². The Morgan fingerprint density at radius 1 is 0.976 bits per heavy atom. The fourth-order valence-corrected chi connectivity index (χ4v) is 5.85. The van der Waals surface area contributed by atoms with Gasteiger partial charge in [-0.3, -0.25) is 13.9 Å². The summed E-state index contributed by atoms with van der Waals surface area (Å²) in [4.78, 5) is 28.3. The van der Waals surface area contributed by atoms with E-state index in [1.807, 2.05) is 20.8 Å². The Labute approximate surface area is 250 Å². The fourth-order valence-electron chi connectivity index (χ4n) is 4.29. The molecule has 42 heavy (non-hydrogen) atoms. The molecule has 0 saturated carbocycles. The maximum atomic E-state index is 14.0. The van der Waals surface area contributed by atoms with Crippen molar-refractivity contribution >= 4 is 39.1 Å². The minimum absolute atomic E-state index is 0.00998. The van der Waals surface area contributed by atoms with Crippen LogP contribution in [0, 0.1) is 5.82 Å². The van der Waals surface area contributed by atoms with Crippen LogP contribution in [-0.2, 0) is 26.2 Å². The lowest BCUT2D eigenvalue weighted by atomic mass is 10.1. The van der Waals surface area contributed by atoms with Crippen molar-refractivity contribution in [2.75, 3.05) is 24.1 Å². The van der Waals surface area contributed by atoms with E-state index in [0.717, 1.165) is 16.4 Å². The molecule has 224 valence electrons. The van der Waals surface area contributed by atoms with Crippen LogP contribution in [0.3, 0.4) is 0 Å². The van der Waals surface area contributed by atoms with Crippen molar-refractivity contribution in [3.8, 4) is 11.5 Å². The Kier molecular flexibility index (Phi) is 9.32. The van der Waals surface area contributed by atoms with E-state index in [2.05, 4.69) is 5.32 Å². The van der Waals surface area contributed by atoms with Crippen LogP contribution < -0.4 is 19.1 Å². The van der Waals surface area contributed by atoms with E-state index in [1.54, 1.807) is 31.2 Å². The third kappa shape index (κ3) is 7.51. The minimum atomic E-state index is -4.37. The number of hydrogen-bond donors (Lipinski definition) is 1. The number of fused-ring (bicyclic) bond motifs is 1. The van der Waals surface area contributed by atoms with Gasteiger partial charge in [-0.2, -0.15) is 0 Å². The number of amides is 2. The lowest BCUT2D eigenvalue weighted by molar-refractivity contribution is -0.140. The molecule has 0 aliphatic carbocycles. The molecule has 3 aromatic carbocycles. The highest BCUT2D eigenvalue weighted by molar-refractivity contribution is 7.92. The molecular formula is C30H33ClFN3O6S. The number of nitrogens with zero attached hydrogens (tertiary/aromatic N) is 2. The summed E-state index contributed by atoms with van der Waals surface area (Å²) >= 11 is 6.04. The third-order valence-corrected chi connectivity index (χ3v) is 8.45. The van der Waals surface area contributed by atoms with Gasteiger partial charge in [0, 0.05) is 23.2 Å². The number of benzene rings is 3. The molecule has 1 unspecified atom stereocenters. The normalized spacial score (nSPS) is 13.7. The summed E-state index contributed by atoms with van der Waals surface area (Å²) in [5.74, 6) is -0.972. The quantitative estimate of drug-likeness (QED) is 0.371. The summed E-state index contributed by atoms with van der Waals surface area (Å²) in [5, 5.41) is 3.38. The first-order valence-corrected chi connectivity index (χ1v) is 15.1. The summed E-state index contributed by atoms with van der Waals surface area (Å²) in [5.41, 5.74) is 0.186. The van der Waals surface area contributed by atoms with Crippen molar-refractivity contribution in [2.45, 2.75) is 50.7 Å². The van der Waals surface area contributed by atoms with Crippen molar-refractivity contribution in [3.63, 3.8) is 0 Å². The highest BCUT2D eigenvalue weighted by Crippen LogP contribution is 2.34. The van der Waals surface area contributed by atoms with Crippen LogP contribution in [0.2, 0.25) is 5.02 Å². The molecule has 3 aromatic rings. The SMILES string of the molecule is CC(C(=O)NC(C)(C)C)N(Cc1ccc(Cl)cc1)C(=O)CN(c1ccc(F)cc1)S(=O)(=O)c1ccc2c(c1)OCCO2. The van der Waals surface area contributed by atoms with E-state index < -0.39 is 45.8 Å². The Balaban J connectivity index is 1.72. The first-order chi connectivity index (χ1) is 19.7. The van der Waals surface area contributed by atoms with Crippen molar-refractivity contribution in [1.29, 1.82) is 0 Å². The smallest absolute Gasteiger partial charge is 0.264 e. The van der Waals surface area contributed by atoms with E-state index in [-0.39, 0.29) is 29.5 Å². The van der Waals surface area contributed by atoms with Gasteiger partial charge in [0.1, 0.15) is 31.6 Å². The molecule has 0 aromatic heterocycles. The lowest BCUT2D eigenvalue weighted by Gasteiger charge is -2.33. The highest BCUT2D eigenvalue weighted by atomic mass is 35.5. The summed E-state index contributed by atoms with van der Waals surface area (Å²) in [6, 6.07) is 14.7. The lowest BCUT2D eigenvalue weighted by Crippen LogP contribution is -2.54. The van der Waals surface area contributed by atoms with Gasteiger partial charge in [0.05, 0.1) is 10.6 Å². The monoisotopic (exact) mass is 617 g/mol. The number of sulfonamides is 1. The second kappa shape index (κ2) is 12.6. The second-order valence-electron chi connectivity index (χ2n) is 10.9. The van der Waals surface area contributed by atoms with E-state index >= 15 is 0 Å². The van der Waals surface area contributed by atoms with Gasteiger partial charge >= 0.3 is 0 Å². The van der Waals surface area contributed by atoms with Gasteiger partial charge in [-0.25, -0.2) is 12.8 Å². The van der Waals surface area contributed by atoms with Gasteiger partial charge in [0.15, 0.2) is 11.5 Å². The Morgan fingerprint density at radius 2 is 1.60 bits per heavy atom. The molecule has 2 amide bonds. The maximum Gasteiger partial charge on any atom is 0.264 e.